The van der Waals surface area contributed by atoms with Gasteiger partial charge in [0.25, 0.3) is 0 Å². The van der Waals surface area contributed by atoms with Crippen LogP contribution in [0, 0.1) is 0 Å². The van der Waals surface area contributed by atoms with Crippen LogP contribution in [0.15, 0.2) is 61.2 Å². The Morgan fingerprint density at radius 2 is 1.62 bits per heavy atom. The molecule has 0 atom stereocenters. The molecule has 1 aliphatic rings. The van der Waals surface area contributed by atoms with Crippen molar-refractivity contribution in [1.29, 1.82) is 0 Å². The lowest BCUT2D eigenvalue weighted by Crippen LogP contribution is -2.47. The van der Waals surface area contributed by atoms with E-state index >= 15 is 0 Å². The largest absolute Gasteiger partial charge is 0.338 e. The summed E-state index contributed by atoms with van der Waals surface area (Å²) in [5.74, 6) is 0.817. The summed E-state index contributed by atoms with van der Waals surface area (Å²) in [6.45, 7) is 5.64. The summed E-state index contributed by atoms with van der Waals surface area (Å²) in [6.07, 6.45) is 7.44. The van der Waals surface area contributed by atoms with E-state index in [9.17, 15) is 0 Å². The summed E-state index contributed by atoms with van der Waals surface area (Å²) < 4.78 is 1.93. The number of rotatable bonds is 5. The minimum absolute atomic E-state index is 0.817. The molecule has 1 aliphatic heterocycles. The van der Waals surface area contributed by atoms with Gasteiger partial charge in [0, 0.05) is 62.3 Å². The van der Waals surface area contributed by atoms with E-state index in [0.29, 0.717) is 0 Å². The Morgan fingerprint density at radius 3 is 2.48 bits per heavy atom. The Labute approximate surface area is 168 Å². The molecule has 29 heavy (non-hydrogen) atoms. The lowest BCUT2D eigenvalue weighted by atomic mass is 10.1. The summed E-state index contributed by atoms with van der Waals surface area (Å²) in [6, 6.07) is 12.0. The highest BCUT2D eigenvalue weighted by Crippen LogP contribution is 2.25. The van der Waals surface area contributed by atoms with E-state index < -0.39 is 0 Å². The Bertz CT molecular complexity index is 1080. The quantitative estimate of drug-likeness (QED) is 0.520. The maximum Gasteiger partial charge on any atom is 0.225 e. The first-order valence-corrected chi connectivity index (χ1v) is 9.85. The van der Waals surface area contributed by atoms with Gasteiger partial charge in [-0.3, -0.25) is 14.6 Å². The number of hydrogen-bond donors (Lipinski definition) is 0. The second-order valence-electron chi connectivity index (χ2n) is 7.12. The van der Waals surface area contributed by atoms with Crippen molar-refractivity contribution in [2.45, 2.75) is 6.54 Å². The summed E-state index contributed by atoms with van der Waals surface area (Å²) >= 11 is 0. The molecular formula is C21H22N8. The lowest BCUT2D eigenvalue weighted by molar-refractivity contribution is 0.242. The molecule has 8 heteroatoms. The van der Waals surface area contributed by atoms with Crippen LogP contribution < -0.4 is 4.90 Å². The first-order valence-electron chi connectivity index (χ1n) is 9.85. The van der Waals surface area contributed by atoms with Crippen molar-refractivity contribution in [3.8, 4) is 11.3 Å². The maximum atomic E-state index is 4.43. The van der Waals surface area contributed by atoms with E-state index in [-0.39, 0.29) is 0 Å². The van der Waals surface area contributed by atoms with Crippen molar-refractivity contribution in [3.05, 3.63) is 61.2 Å². The average Bonchev–Trinajstić information content (AvgIpc) is 3.27. The molecule has 1 saturated heterocycles. The Hall–Kier alpha value is -3.39. The summed E-state index contributed by atoms with van der Waals surface area (Å²) in [4.78, 5) is 17.8. The molecule has 8 nitrogen and oxygen atoms in total. The first-order chi connectivity index (χ1) is 14.4. The van der Waals surface area contributed by atoms with Crippen LogP contribution in [0.1, 0.15) is 0 Å². The zero-order valence-electron chi connectivity index (χ0n) is 16.1. The number of para-hydroxylation sites is 1. The van der Waals surface area contributed by atoms with E-state index in [1.807, 2.05) is 47.4 Å². The lowest BCUT2D eigenvalue weighted by Gasteiger charge is -2.34. The zero-order valence-corrected chi connectivity index (χ0v) is 16.1. The van der Waals surface area contributed by atoms with Crippen LogP contribution in [0.25, 0.3) is 22.2 Å². The predicted molar refractivity (Wildman–Crippen MR) is 111 cm³/mol. The molecule has 0 saturated carbocycles. The molecule has 4 heterocycles. The summed E-state index contributed by atoms with van der Waals surface area (Å²) in [5, 5.41) is 9.83. The third kappa shape index (κ3) is 3.79. The van der Waals surface area contributed by atoms with Gasteiger partial charge < -0.3 is 4.90 Å². The predicted octanol–water partition coefficient (Wildman–Crippen LogP) is 2.11. The van der Waals surface area contributed by atoms with E-state index in [1.165, 1.54) is 0 Å². The van der Waals surface area contributed by atoms with Gasteiger partial charge in [-0.15, -0.1) is 5.10 Å². The molecule has 0 radical (unpaired) electrons. The van der Waals surface area contributed by atoms with Crippen LogP contribution in [0.3, 0.4) is 0 Å². The maximum absolute atomic E-state index is 4.43. The van der Waals surface area contributed by atoms with E-state index in [1.54, 1.807) is 12.4 Å². The molecular weight excluding hydrogens is 364 g/mol. The number of anilines is 1. The van der Waals surface area contributed by atoms with Crippen molar-refractivity contribution in [2.24, 2.45) is 0 Å². The van der Waals surface area contributed by atoms with Gasteiger partial charge in [-0.1, -0.05) is 23.4 Å². The molecule has 0 unspecified atom stereocenters. The number of piperazine rings is 1. The molecule has 0 spiro atoms. The van der Waals surface area contributed by atoms with Gasteiger partial charge in [0.1, 0.15) is 5.69 Å². The van der Waals surface area contributed by atoms with Crippen LogP contribution in [-0.4, -0.2) is 67.6 Å². The van der Waals surface area contributed by atoms with Gasteiger partial charge >= 0.3 is 0 Å². The molecule has 1 aromatic carbocycles. The van der Waals surface area contributed by atoms with Crippen LogP contribution in [0.4, 0.5) is 5.95 Å². The van der Waals surface area contributed by atoms with Crippen molar-refractivity contribution in [1.82, 2.24) is 34.8 Å². The molecule has 0 amide bonds. The number of hydrogen-bond acceptors (Lipinski definition) is 7. The molecule has 0 bridgehead atoms. The molecule has 5 rings (SSSR count). The number of pyridine rings is 1. The standard InChI is InChI=1S/C21H22N8/c1-2-5-19-17(4-1)18(6-9-22-19)20-16-29(26-25-20)15-12-27-10-13-28(14-11-27)21-23-7-3-8-24-21/h1-9,16H,10-15H2. The van der Waals surface area contributed by atoms with Gasteiger partial charge in [-0.25, -0.2) is 9.97 Å². The Balaban J connectivity index is 1.20. The Kier molecular flexibility index (Phi) is 4.83. The van der Waals surface area contributed by atoms with E-state index in [0.717, 1.165) is 67.4 Å². The topological polar surface area (TPSA) is 75.9 Å². The highest BCUT2D eigenvalue weighted by atomic mass is 15.4. The highest BCUT2D eigenvalue weighted by molar-refractivity contribution is 5.92. The fourth-order valence-corrected chi connectivity index (χ4v) is 3.72. The third-order valence-electron chi connectivity index (χ3n) is 5.32. The highest BCUT2D eigenvalue weighted by Gasteiger charge is 2.18. The SMILES string of the molecule is c1cnc(N2CCN(CCn3cc(-c4ccnc5ccccc45)nn3)CC2)nc1. The van der Waals surface area contributed by atoms with Crippen molar-refractivity contribution in [3.63, 3.8) is 0 Å². The second kappa shape index (κ2) is 7.92. The van der Waals surface area contributed by atoms with Gasteiger partial charge in [0.2, 0.25) is 5.95 Å². The van der Waals surface area contributed by atoms with Crippen molar-refractivity contribution >= 4 is 16.9 Å². The fourth-order valence-electron chi connectivity index (χ4n) is 3.72. The summed E-state index contributed by atoms with van der Waals surface area (Å²) in [5.41, 5.74) is 2.92. The van der Waals surface area contributed by atoms with Crippen LogP contribution in [-0.2, 0) is 6.54 Å². The monoisotopic (exact) mass is 386 g/mol. The van der Waals surface area contributed by atoms with Crippen LogP contribution in [0.5, 0.6) is 0 Å². The zero-order chi connectivity index (χ0) is 19.5. The number of nitrogens with zero attached hydrogens (tertiary/aromatic N) is 8. The van der Waals surface area contributed by atoms with Crippen LogP contribution >= 0.6 is 0 Å². The van der Waals surface area contributed by atoms with E-state index in [4.69, 9.17) is 0 Å². The van der Waals surface area contributed by atoms with Gasteiger partial charge in [0.05, 0.1) is 18.3 Å². The van der Waals surface area contributed by atoms with Gasteiger partial charge in [-0.2, -0.15) is 0 Å². The summed E-state index contributed by atoms with van der Waals surface area (Å²) in [7, 11) is 0. The Morgan fingerprint density at radius 1 is 0.793 bits per heavy atom. The smallest absolute Gasteiger partial charge is 0.225 e. The molecule has 1 fully saturated rings. The molecule has 0 aliphatic carbocycles. The van der Waals surface area contributed by atoms with Crippen molar-refractivity contribution in [2.75, 3.05) is 37.6 Å². The molecule has 4 aromatic rings. The van der Waals surface area contributed by atoms with E-state index in [2.05, 4.69) is 41.1 Å². The number of fused-ring (bicyclic) bond motifs is 1. The average molecular weight is 386 g/mol. The normalized spacial score (nSPS) is 15.1. The van der Waals surface area contributed by atoms with Crippen LogP contribution in [0.2, 0.25) is 0 Å². The minimum Gasteiger partial charge on any atom is -0.338 e. The second-order valence-corrected chi connectivity index (χ2v) is 7.12. The number of benzene rings is 1. The van der Waals surface area contributed by atoms with Gasteiger partial charge in [-0.05, 0) is 18.2 Å². The van der Waals surface area contributed by atoms with Gasteiger partial charge in [0.15, 0.2) is 0 Å². The minimum atomic E-state index is 0.817. The fraction of sp³-hybridized carbons (Fsp3) is 0.286. The molecule has 3 aromatic heterocycles. The number of aromatic nitrogens is 6. The van der Waals surface area contributed by atoms with Crippen molar-refractivity contribution < 1.29 is 0 Å². The first kappa shape index (κ1) is 17.7. The molecule has 0 N–H and O–H groups in total. The molecule has 146 valence electrons. The third-order valence-corrected chi connectivity index (χ3v) is 5.32.